The van der Waals surface area contributed by atoms with Crippen LogP contribution < -0.4 is 0 Å². The van der Waals surface area contributed by atoms with Crippen molar-refractivity contribution in [2.75, 3.05) is 6.54 Å². The minimum atomic E-state index is -4.25. The Kier molecular flexibility index (Phi) is 9.89. The molecule has 1 fully saturated rings. The van der Waals surface area contributed by atoms with Crippen LogP contribution in [0.25, 0.3) is 0 Å². The monoisotopic (exact) mass is 591 g/mol. The van der Waals surface area contributed by atoms with Crippen LogP contribution in [0.5, 0.6) is 0 Å². The van der Waals surface area contributed by atoms with E-state index in [1.807, 2.05) is 70.2 Å². The summed E-state index contributed by atoms with van der Waals surface area (Å²) in [6.07, 6.45) is -0.912. The van der Waals surface area contributed by atoms with Gasteiger partial charge in [0.25, 0.3) is 16.0 Å². The average Bonchev–Trinajstić information content (AvgIpc) is 3.38. The van der Waals surface area contributed by atoms with Gasteiger partial charge in [0.05, 0.1) is 6.10 Å². The van der Waals surface area contributed by atoms with Crippen LogP contribution in [0.3, 0.4) is 0 Å². The molecule has 0 N–H and O–H groups in total. The largest absolute Gasteiger partial charge is 0.459 e. The lowest BCUT2D eigenvalue weighted by Crippen LogP contribution is -2.41. The molecule has 224 valence electrons. The molecular weight excluding hydrogens is 550 g/mol. The van der Waals surface area contributed by atoms with Crippen LogP contribution in [0.2, 0.25) is 0 Å². The zero-order valence-electron chi connectivity index (χ0n) is 25.2. The minimum Gasteiger partial charge on any atom is -0.459 e. The molecule has 0 aromatic heterocycles. The molecule has 0 aliphatic carbocycles. The lowest BCUT2D eigenvalue weighted by molar-refractivity contribution is -0.149. The second-order valence-electron chi connectivity index (χ2n) is 11.8. The molecule has 1 saturated heterocycles. The summed E-state index contributed by atoms with van der Waals surface area (Å²) in [4.78, 5) is 28.4. The highest BCUT2D eigenvalue weighted by Gasteiger charge is 2.44. The number of carbonyl (C=O) groups is 2. The van der Waals surface area contributed by atoms with Crippen LogP contribution in [-0.2, 0) is 30.4 Å². The van der Waals surface area contributed by atoms with Gasteiger partial charge in [-0.1, -0.05) is 102 Å². The summed E-state index contributed by atoms with van der Waals surface area (Å²) < 4.78 is 39.5. The molecule has 8 heteroatoms. The first-order valence-electron chi connectivity index (χ1n) is 14.6. The van der Waals surface area contributed by atoms with Gasteiger partial charge in [-0.25, -0.2) is 4.79 Å². The number of hydrogen-bond donors (Lipinski definition) is 0. The van der Waals surface area contributed by atoms with Crippen molar-refractivity contribution < 1.29 is 26.9 Å². The summed E-state index contributed by atoms with van der Waals surface area (Å²) in [5.41, 5.74) is 3.70. The van der Waals surface area contributed by atoms with Gasteiger partial charge in [-0.3, -0.25) is 8.98 Å². The number of amides is 1. The standard InChI is InChI=1S/C34H41NO6S/c1-22(2)27-17-29(23(3)4)32(30(18-27)24(5)6)42(38,39)41-28-19-31(34(37)40-21-25-13-9-7-10-14-25)35(20-28)33(36)26-15-11-8-12-16-26/h7-18,22-24,28,31H,19-21H2,1-6H3/t28?,31-/m0/s1. The maximum atomic E-state index is 14.0. The van der Waals surface area contributed by atoms with Crippen LogP contribution in [0.15, 0.2) is 77.7 Å². The third-order valence-electron chi connectivity index (χ3n) is 7.63. The Labute approximate surface area is 250 Å². The van der Waals surface area contributed by atoms with Gasteiger partial charge in [0.1, 0.15) is 17.5 Å². The Balaban J connectivity index is 1.65. The number of likely N-dealkylation sites (tertiary alicyclic amines) is 1. The molecule has 1 heterocycles. The van der Waals surface area contributed by atoms with Gasteiger partial charge in [-0.15, -0.1) is 0 Å². The first-order valence-corrected chi connectivity index (χ1v) is 16.0. The fourth-order valence-corrected chi connectivity index (χ4v) is 7.05. The molecule has 4 rings (SSSR count). The molecule has 7 nitrogen and oxygen atoms in total. The molecule has 0 spiro atoms. The molecule has 1 unspecified atom stereocenters. The smallest absolute Gasteiger partial charge is 0.329 e. The van der Waals surface area contributed by atoms with Crippen LogP contribution >= 0.6 is 0 Å². The van der Waals surface area contributed by atoms with Crippen molar-refractivity contribution in [1.29, 1.82) is 0 Å². The molecule has 3 aromatic rings. The lowest BCUT2D eigenvalue weighted by atomic mass is 9.89. The Morgan fingerprint density at radius 2 is 1.38 bits per heavy atom. The molecule has 2 atom stereocenters. The lowest BCUT2D eigenvalue weighted by Gasteiger charge is -2.24. The van der Waals surface area contributed by atoms with Crippen molar-refractivity contribution in [3.05, 3.63) is 101 Å². The van der Waals surface area contributed by atoms with Crippen molar-refractivity contribution in [2.45, 2.75) is 89.4 Å². The molecule has 0 bridgehead atoms. The van der Waals surface area contributed by atoms with E-state index in [-0.39, 0.29) is 48.1 Å². The highest BCUT2D eigenvalue weighted by Crippen LogP contribution is 2.37. The van der Waals surface area contributed by atoms with E-state index in [9.17, 15) is 18.0 Å². The Morgan fingerprint density at radius 1 is 0.833 bits per heavy atom. The number of carbonyl (C=O) groups excluding carboxylic acids is 2. The summed E-state index contributed by atoms with van der Waals surface area (Å²) in [5, 5.41) is 0. The van der Waals surface area contributed by atoms with E-state index < -0.39 is 28.2 Å². The van der Waals surface area contributed by atoms with E-state index >= 15 is 0 Å². The third kappa shape index (κ3) is 7.10. The molecule has 42 heavy (non-hydrogen) atoms. The molecular formula is C34H41NO6S. The van der Waals surface area contributed by atoms with E-state index in [2.05, 4.69) is 13.8 Å². The van der Waals surface area contributed by atoms with Gasteiger partial charge in [0.2, 0.25) is 0 Å². The van der Waals surface area contributed by atoms with Crippen molar-refractivity contribution in [3.63, 3.8) is 0 Å². The van der Waals surface area contributed by atoms with Crippen molar-refractivity contribution >= 4 is 22.0 Å². The normalized spacial score (nSPS) is 17.3. The molecule has 0 radical (unpaired) electrons. The summed E-state index contributed by atoms with van der Waals surface area (Å²) in [6.45, 7) is 12.0. The van der Waals surface area contributed by atoms with Crippen molar-refractivity contribution in [3.8, 4) is 0 Å². The fourth-order valence-electron chi connectivity index (χ4n) is 5.29. The number of ether oxygens (including phenoxy) is 1. The minimum absolute atomic E-state index is 0.00350. The summed E-state index contributed by atoms with van der Waals surface area (Å²) in [5.74, 6) is -0.871. The van der Waals surface area contributed by atoms with Gasteiger partial charge < -0.3 is 9.64 Å². The van der Waals surface area contributed by atoms with E-state index in [1.54, 1.807) is 30.3 Å². The van der Waals surface area contributed by atoms with Crippen molar-refractivity contribution in [2.24, 2.45) is 0 Å². The van der Waals surface area contributed by atoms with Crippen LogP contribution in [-0.4, -0.2) is 43.9 Å². The zero-order chi connectivity index (χ0) is 30.6. The number of hydrogen-bond acceptors (Lipinski definition) is 6. The molecule has 0 saturated carbocycles. The number of esters is 1. The number of nitrogens with zero attached hydrogens (tertiary/aromatic N) is 1. The summed E-state index contributed by atoms with van der Waals surface area (Å²) in [6, 6.07) is 20.8. The average molecular weight is 592 g/mol. The van der Waals surface area contributed by atoms with Gasteiger partial charge in [0, 0.05) is 18.5 Å². The number of benzene rings is 3. The third-order valence-corrected chi connectivity index (χ3v) is 9.13. The quantitative estimate of drug-likeness (QED) is 0.191. The number of rotatable bonds is 10. The highest BCUT2D eigenvalue weighted by atomic mass is 32.2. The second-order valence-corrected chi connectivity index (χ2v) is 13.3. The van der Waals surface area contributed by atoms with Gasteiger partial charge in [0.15, 0.2) is 0 Å². The van der Waals surface area contributed by atoms with E-state index in [0.29, 0.717) is 16.7 Å². The maximum absolute atomic E-state index is 14.0. The van der Waals surface area contributed by atoms with Gasteiger partial charge in [-0.2, -0.15) is 8.42 Å². The van der Waals surface area contributed by atoms with E-state index in [0.717, 1.165) is 11.1 Å². The molecule has 1 aliphatic rings. The first kappa shape index (κ1) is 31.4. The topological polar surface area (TPSA) is 90.0 Å². The van der Waals surface area contributed by atoms with Crippen molar-refractivity contribution in [1.82, 2.24) is 4.90 Å². The van der Waals surface area contributed by atoms with Crippen LogP contribution in [0, 0.1) is 0 Å². The van der Waals surface area contributed by atoms with Crippen LogP contribution in [0.1, 0.15) is 98.3 Å². The predicted octanol–water partition coefficient (Wildman–Crippen LogP) is 6.79. The zero-order valence-corrected chi connectivity index (χ0v) is 26.1. The molecule has 1 aliphatic heterocycles. The van der Waals surface area contributed by atoms with E-state index in [1.165, 1.54) is 4.90 Å². The van der Waals surface area contributed by atoms with Gasteiger partial charge >= 0.3 is 5.97 Å². The summed E-state index contributed by atoms with van der Waals surface area (Å²) in [7, 11) is -4.25. The Bertz CT molecular complexity index is 1470. The highest BCUT2D eigenvalue weighted by molar-refractivity contribution is 7.86. The predicted molar refractivity (Wildman–Crippen MR) is 163 cm³/mol. The SMILES string of the molecule is CC(C)c1cc(C(C)C)c(S(=O)(=O)OC2C[C@@H](C(=O)OCc3ccccc3)N(C(=O)c3ccccc3)C2)c(C(C)C)c1. The van der Waals surface area contributed by atoms with Crippen LogP contribution in [0.4, 0.5) is 0 Å². The first-order chi connectivity index (χ1) is 19.9. The second kappa shape index (κ2) is 13.2. The van der Waals surface area contributed by atoms with Gasteiger partial charge in [-0.05, 0) is 52.1 Å². The maximum Gasteiger partial charge on any atom is 0.329 e. The fraction of sp³-hybridized carbons (Fsp3) is 0.412. The molecule has 1 amide bonds. The molecule has 3 aromatic carbocycles. The van der Waals surface area contributed by atoms with E-state index in [4.69, 9.17) is 8.92 Å². The Morgan fingerprint density at radius 3 is 1.90 bits per heavy atom. The Hall–Kier alpha value is -3.49. The summed E-state index contributed by atoms with van der Waals surface area (Å²) >= 11 is 0.